The molecule has 4 N–H and O–H groups in total. The van der Waals surface area contributed by atoms with Gasteiger partial charge in [0.1, 0.15) is 6.07 Å². The molecule has 0 spiro atoms. The van der Waals surface area contributed by atoms with Crippen LogP contribution in [0.2, 0.25) is 0 Å². The van der Waals surface area contributed by atoms with E-state index >= 15 is 0 Å². The fraction of sp³-hybridized carbons (Fsp3) is 0.125. The quantitative estimate of drug-likeness (QED) is 0.650. The number of nitrogens with two attached hydrogens (primary N) is 2. The predicted molar refractivity (Wildman–Crippen MR) is 44.9 cm³/mol. The lowest BCUT2D eigenvalue weighted by Crippen LogP contribution is -2.02. The topological polar surface area (TPSA) is 75.8 Å². The first-order valence-corrected chi connectivity index (χ1v) is 3.44. The Balaban J connectivity index is 3.46. The van der Waals surface area contributed by atoms with Crippen molar-refractivity contribution in [1.82, 2.24) is 0 Å². The van der Waals surface area contributed by atoms with Gasteiger partial charge in [-0.15, -0.1) is 0 Å². The third kappa shape index (κ3) is 1.51. The highest BCUT2D eigenvalue weighted by molar-refractivity contribution is 5.67. The molecule has 0 fully saturated rings. The van der Waals surface area contributed by atoms with Gasteiger partial charge in [0.2, 0.25) is 0 Å². The molecule has 0 atom stereocenters. The Hall–Kier alpha value is -1.83. The van der Waals surface area contributed by atoms with Crippen LogP contribution in [0.5, 0.6) is 0 Å². The maximum Gasteiger partial charge on any atom is 0.267 e. The molecule has 0 saturated heterocycles. The number of nitrogens with zero attached hydrogens (tertiary/aromatic N) is 1. The fourth-order valence-electron chi connectivity index (χ4n) is 1.01. The molecule has 5 heteroatoms. The molecule has 0 aliphatic rings. The van der Waals surface area contributed by atoms with Gasteiger partial charge in [0, 0.05) is 5.69 Å². The molecule has 13 heavy (non-hydrogen) atoms. The molecule has 0 heterocycles. The zero-order chi connectivity index (χ0) is 10.0. The van der Waals surface area contributed by atoms with Crippen LogP contribution >= 0.6 is 0 Å². The van der Waals surface area contributed by atoms with E-state index in [-0.39, 0.29) is 16.9 Å². The van der Waals surface area contributed by atoms with E-state index in [1.165, 1.54) is 12.1 Å². The lowest BCUT2D eigenvalue weighted by Gasteiger charge is -2.08. The third-order valence-electron chi connectivity index (χ3n) is 1.64. The van der Waals surface area contributed by atoms with Crippen LogP contribution in [0, 0.1) is 11.3 Å². The molecular formula is C8H7F2N3. The zero-order valence-electron chi connectivity index (χ0n) is 6.59. The van der Waals surface area contributed by atoms with Gasteiger partial charge in [-0.3, -0.25) is 0 Å². The monoisotopic (exact) mass is 183 g/mol. The predicted octanol–water partition coefficient (Wildman–Crippen LogP) is 1.66. The summed E-state index contributed by atoms with van der Waals surface area (Å²) in [5.41, 5.74) is 9.79. The first-order valence-electron chi connectivity index (χ1n) is 3.44. The number of rotatable bonds is 1. The van der Waals surface area contributed by atoms with Crippen LogP contribution in [0.3, 0.4) is 0 Å². The molecule has 0 aliphatic heterocycles. The van der Waals surface area contributed by atoms with Gasteiger partial charge in [0.05, 0.1) is 16.8 Å². The van der Waals surface area contributed by atoms with Crippen LogP contribution in [-0.4, -0.2) is 0 Å². The van der Waals surface area contributed by atoms with Gasteiger partial charge < -0.3 is 11.5 Å². The minimum atomic E-state index is -2.78. The molecule has 3 nitrogen and oxygen atoms in total. The summed E-state index contributed by atoms with van der Waals surface area (Å²) < 4.78 is 24.7. The van der Waals surface area contributed by atoms with E-state index in [0.717, 1.165) is 0 Å². The van der Waals surface area contributed by atoms with Crippen molar-refractivity contribution in [2.75, 3.05) is 11.5 Å². The van der Waals surface area contributed by atoms with Crippen LogP contribution in [0.1, 0.15) is 17.6 Å². The highest BCUT2D eigenvalue weighted by Gasteiger charge is 2.18. The van der Waals surface area contributed by atoms with Crippen LogP contribution in [0.15, 0.2) is 12.1 Å². The van der Waals surface area contributed by atoms with E-state index in [1.54, 1.807) is 6.07 Å². The summed E-state index contributed by atoms with van der Waals surface area (Å²) in [4.78, 5) is 0. The van der Waals surface area contributed by atoms with Crippen molar-refractivity contribution in [3.05, 3.63) is 23.3 Å². The Morgan fingerprint density at radius 3 is 2.15 bits per heavy atom. The van der Waals surface area contributed by atoms with Crippen molar-refractivity contribution in [2.24, 2.45) is 0 Å². The van der Waals surface area contributed by atoms with E-state index in [2.05, 4.69) is 0 Å². The summed E-state index contributed by atoms with van der Waals surface area (Å²) in [6.07, 6.45) is -2.78. The summed E-state index contributed by atoms with van der Waals surface area (Å²) in [6.45, 7) is 0. The minimum Gasteiger partial charge on any atom is -0.398 e. The summed E-state index contributed by atoms with van der Waals surface area (Å²) in [5.74, 6) is 0. The van der Waals surface area contributed by atoms with Crippen molar-refractivity contribution >= 4 is 11.4 Å². The Kier molecular flexibility index (Phi) is 2.33. The van der Waals surface area contributed by atoms with Gasteiger partial charge in [0.25, 0.3) is 6.43 Å². The third-order valence-corrected chi connectivity index (χ3v) is 1.64. The molecule has 0 radical (unpaired) electrons. The second-order valence-electron chi connectivity index (χ2n) is 2.45. The number of benzene rings is 1. The molecule has 0 aromatic heterocycles. The summed E-state index contributed by atoms with van der Waals surface area (Å²) in [7, 11) is 0. The van der Waals surface area contributed by atoms with Gasteiger partial charge in [-0.2, -0.15) is 5.26 Å². The summed E-state index contributed by atoms with van der Waals surface area (Å²) >= 11 is 0. The highest BCUT2D eigenvalue weighted by atomic mass is 19.3. The van der Waals surface area contributed by atoms with Crippen molar-refractivity contribution in [3.63, 3.8) is 0 Å². The molecule has 0 amide bonds. The Bertz CT molecular complexity index is 368. The standard InChI is InChI=1S/C8H7F2N3/c9-8(10)7-4(3-11)5(12)1-2-6(7)13/h1-2,8H,12-13H2. The second-order valence-corrected chi connectivity index (χ2v) is 2.45. The SMILES string of the molecule is N#Cc1c(N)ccc(N)c1C(F)F. The smallest absolute Gasteiger partial charge is 0.267 e. The zero-order valence-corrected chi connectivity index (χ0v) is 6.59. The van der Waals surface area contributed by atoms with Crippen molar-refractivity contribution in [2.45, 2.75) is 6.43 Å². The number of anilines is 2. The maximum atomic E-state index is 12.4. The first-order chi connectivity index (χ1) is 6.07. The fourth-order valence-corrected chi connectivity index (χ4v) is 1.01. The number of nitriles is 1. The molecule has 1 aromatic rings. The molecule has 1 aromatic carbocycles. The van der Waals surface area contributed by atoms with Crippen LogP contribution in [0.25, 0.3) is 0 Å². The van der Waals surface area contributed by atoms with Gasteiger partial charge in [0.15, 0.2) is 0 Å². The average Bonchev–Trinajstić information content (AvgIpc) is 2.07. The second kappa shape index (κ2) is 3.27. The van der Waals surface area contributed by atoms with E-state index in [9.17, 15) is 8.78 Å². The Labute approximate surface area is 73.6 Å². The molecule has 0 aliphatic carbocycles. The molecule has 68 valence electrons. The number of nitrogen functional groups attached to an aromatic ring is 2. The normalized spacial score (nSPS) is 10.0. The van der Waals surface area contributed by atoms with Gasteiger partial charge in [-0.25, -0.2) is 8.78 Å². The Morgan fingerprint density at radius 1 is 1.23 bits per heavy atom. The van der Waals surface area contributed by atoms with Gasteiger partial charge in [-0.05, 0) is 12.1 Å². The number of halogens is 2. The first kappa shape index (κ1) is 9.26. The maximum absolute atomic E-state index is 12.4. The van der Waals surface area contributed by atoms with E-state index in [0.29, 0.717) is 0 Å². The van der Waals surface area contributed by atoms with Crippen molar-refractivity contribution in [3.8, 4) is 6.07 Å². The Morgan fingerprint density at radius 2 is 1.77 bits per heavy atom. The number of alkyl halides is 2. The molecule has 1 rings (SSSR count). The largest absolute Gasteiger partial charge is 0.398 e. The highest BCUT2D eigenvalue weighted by Crippen LogP contribution is 2.31. The van der Waals surface area contributed by atoms with Gasteiger partial charge in [-0.1, -0.05) is 0 Å². The molecule has 0 saturated carbocycles. The van der Waals surface area contributed by atoms with Crippen molar-refractivity contribution < 1.29 is 8.78 Å². The minimum absolute atomic E-state index is 0.0204. The molecule has 0 unspecified atom stereocenters. The van der Waals surface area contributed by atoms with Crippen LogP contribution in [0.4, 0.5) is 20.2 Å². The van der Waals surface area contributed by atoms with Crippen molar-refractivity contribution in [1.29, 1.82) is 5.26 Å². The van der Waals surface area contributed by atoms with E-state index in [4.69, 9.17) is 16.7 Å². The summed E-state index contributed by atoms with van der Waals surface area (Å²) in [5, 5.41) is 8.55. The lowest BCUT2D eigenvalue weighted by molar-refractivity contribution is 0.152. The molecule has 0 bridgehead atoms. The van der Waals surface area contributed by atoms with Gasteiger partial charge >= 0.3 is 0 Å². The van der Waals surface area contributed by atoms with E-state index in [1.807, 2.05) is 0 Å². The van der Waals surface area contributed by atoms with E-state index < -0.39 is 12.0 Å². The number of hydrogen-bond acceptors (Lipinski definition) is 3. The number of hydrogen-bond donors (Lipinski definition) is 2. The van der Waals surface area contributed by atoms with Crippen LogP contribution in [-0.2, 0) is 0 Å². The lowest BCUT2D eigenvalue weighted by atomic mass is 10.1. The average molecular weight is 183 g/mol. The summed E-state index contributed by atoms with van der Waals surface area (Å²) in [6, 6.07) is 4.20. The van der Waals surface area contributed by atoms with Crippen LogP contribution < -0.4 is 11.5 Å². The molecular weight excluding hydrogens is 176 g/mol.